The third-order valence-electron chi connectivity index (χ3n) is 3.28. The van der Waals surface area contributed by atoms with Gasteiger partial charge < -0.3 is 14.8 Å². The lowest BCUT2D eigenvalue weighted by atomic mass is 10.2. The van der Waals surface area contributed by atoms with Crippen LogP contribution in [0, 0.1) is 0 Å². The minimum atomic E-state index is 0.561. The van der Waals surface area contributed by atoms with Crippen molar-refractivity contribution in [3.05, 3.63) is 23.8 Å². The second-order valence-corrected chi connectivity index (χ2v) is 5.73. The van der Waals surface area contributed by atoms with E-state index in [1.165, 1.54) is 19.3 Å². The average molecular weight is 353 g/mol. The van der Waals surface area contributed by atoms with Crippen LogP contribution in [0.5, 0.6) is 11.5 Å². The van der Waals surface area contributed by atoms with Crippen molar-refractivity contribution in [3.63, 3.8) is 0 Å². The van der Waals surface area contributed by atoms with Crippen LogP contribution in [0.3, 0.4) is 0 Å². The van der Waals surface area contributed by atoms with Gasteiger partial charge in [-0.15, -0.1) is 10.5 Å². The number of hydrogen-bond acceptors (Lipinski definition) is 3. The zero-order chi connectivity index (χ0) is 17.6. The van der Waals surface area contributed by atoms with Crippen molar-refractivity contribution in [2.24, 2.45) is 0 Å². The molecule has 0 fully saturated rings. The van der Waals surface area contributed by atoms with Crippen LogP contribution in [0.15, 0.2) is 18.2 Å². The first-order valence-corrected chi connectivity index (χ1v) is 9.14. The summed E-state index contributed by atoms with van der Waals surface area (Å²) in [6.45, 7) is 8.28. The van der Waals surface area contributed by atoms with Gasteiger partial charge in [0.2, 0.25) is 5.11 Å². The molecular formula is C18H30N3O2S+. The van der Waals surface area contributed by atoms with Gasteiger partial charge in [0.05, 0.1) is 13.2 Å². The van der Waals surface area contributed by atoms with Crippen LogP contribution >= 0.6 is 12.2 Å². The first-order valence-electron chi connectivity index (χ1n) is 8.73. The Morgan fingerprint density at radius 2 is 1.96 bits per heavy atom. The number of unbranched alkanes of at least 4 members (excludes halogenated alkanes) is 3. The van der Waals surface area contributed by atoms with Gasteiger partial charge in [-0.05, 0) is 50.7 Å². The van der Waals surface area contributed by atoms with E-state index < -0.39 is 0 Å². The molecule has 3 N–H and O–H groups in total. The zero-order valence-corrected chi connectivity index (χ0v) is 15.8. The largest absolute Gasteiger partial charge is 0.490 e. The van der Waals surface area contributed by atoms with Crippen molar-refractivity contribution in [2.45, 2.75) is 46.5 Å². The second-order valence-electron chi connectivity index (χ2n) is 5.32. The highest BCUT2D eigenvalue weighted by atomic mass is 32.1. The molecule has 0 aliphatic carbocycles. The Labute approximate surface area is 150 Å². The van der Waals surface area contributed by atoms with Gasteiger partial charge in [0.15, 0.2) is 17.7 Å². The summed E-state index contributed by atoms with van der Waals surface area (Å²) in [7, 11) is 0. The Hall–Kier alpha value is -1.82. The van der Waals surface area contributed by atoms with Gasteiger partial charge >= 0.3 is 0 Å². The third-order valence-corrected chi connectivity index (χ3v) is 3.53. The summed E-state index contributed by atoms with van der Waals surface area (Å²) in [5.74, 6) is 1.56. The Morgan fingerprint density at radius 1 is 1.12 bits per heavy atom. The molecule has 0 amide bonds. The first-order chi connectivity index (χ1) is 11.7. The zero-order valence-electron chi connectivity index (χ0n) is 15.0. The van der Waals surface area contributed by atoms with Crippen LogP contribution in [0.25, 0.3) is 0 Å². The van der Waals surface area contributed by atoms with E-state index in [0.717, 1.165) is 36.6 Å². The highest BCUT2D eigenvalue weighted by molar-refractivity contribution is 7.80. The lowest BCUT2D eigenvalue weighted by Crippen LogP contribution is -2.82. The maximum absolute atomic E-state index is 5.86. The smallest absolute Gasteiger partial charge is 0.223 e. The summed E-state index contributed by atoms with van der Waals surface area (Å²) in [6, 6.07) is 5.88. The molecule has 0 saturated heterocycles. The van der Waals surface area contributed by atoms with Gasteiger partial charge in [0.1, 0.15) is 0 Å². The van der Waals surface area contributed by atoms with Crippen LogP contribution in [-0.2, 0) is 0 Å². The lowest BCUT2D eigenvalue weighted by molar-refractivity contribution is -0.500. The van der Waals surface area contributed by atoms with Crippen molar-refractivity contribution in [2.75, 3.05) is 19.8 Å². The summed E-state index contributed by atoms with van der Waals surface area (Å²) in [5, 5.41) is 6.53. The van der Waals surface area contributed by atoms with Gasteiger partial charge in [-0.3, -0.25) is 0 Å². The Balaban J connectivity index is 2.61. The number of nitrogens with one attached hydrogen (secondary N) is 3. The van der Waals surface area contributed by atoms with E-state index in [-0.39, 0.29) is 0 Å². The maximum atomic E-state index is 5.86. The number of hydrazine groups is 1. The van der Waals surface area contributed by atoms with E-state index in [9.17, 15) is 0 Å². The number of hydrazone groups is 1. The van der Waals surface area contributed by atoms with Crippen LogP contribution < -0.4 is 25.3 Å². The molecule has 0 radical (unpaired) electrons. The fourth-order valence-corrected chi connectivity index (χ4v) is 2.31. The molecule has 0 atom stereocenters. The van der Waals surface area contributed by atoms with Gasteiger partial charge in [-0.2, -0.15) is 0 Å². The number of rotatable bonds is 11. The predicted octanol–water partition coefficient (Wildman–Crippen LogP) is 1.94. The van der Waals surface area contributed by atoms with Crippen LogP contribution in [0.1, 0.15) is 52.0 Å². The van der Waals surface area contributed by atoms with Crippen molar-refractivity contribution >= 4 is 23.5 Å². The normalized spacial score (nSPS) is 10.6. The van der Waals surface area contributed by atoms with E-state index in [1.54, 1.807) is 0 Å². The Kier molecular flexibility index (Phi) is 10.6. The molecule has 6 heteroatoms. The summed E-state index contributed by atoms with van der Waals surface area (Å²) in [6.07, 6.45) is 6.58. The van der Waals surface area contributed by atoms with Crippen molar-refractivity contribution in [1.29, 1.82) is 0 Å². The molecule has 0 aliphatic heterocycles. The number of hydrogen-bond donors (Lipinski definition) is 3. The predicted molar refractivity (Wildman–Crippen MR) is 103 cm³/mol. The molecule has 0 saturated carbocycles. The molecule has 0 aromatic heterocycles. The number of thiocarbonyl (C=S) groups is 1. The van der Waals surface area contributed by atoms with Crippen LogP contribution in [-0.4, -0.2) is 31.1 Å². The summed E-state index contributed by atoms with van der Waals surface area (Å²) in [4.78, 5) is 0. The summed E-state index contributed by atoms with van der Waals surface area (Å²) < 4.78 is 11.6. The van der Waals surface area contributed by atoms with E-state index in [1.807, 2.05) is 38.3 Å². The van der Waals surface area contributed by atoms with E-state index in [4.69, 9.17) is 21.7 Å². The van der Waals surface area contributed by atoms with Crippen molar-refractivity contribution in [1.82, 2.24) is 10.7 Å². The number of benzene rings is 1. The maximum Gasteiger partial charge on any atom is 0.223 e. The molecule has 1 aromatic rings. The molecular weight excluding hydrogens is 322 g/mol. The lowest BCUT2D eigenvalue weighted by Gasteiger charge is -2.12. The molecule has 0 aliphatic rings. The topological polar surface area (TPSA) is 56.5 Å². The fraction of sp³-hybridized carbons (Fsp3) is 0.556. The highest BCUT2D eigenvalue weighted by Crippen LogP contribution is 2.28. The molecule has 0 heterocycles. The van der Waals surface area contributed by atoms with Gasteiger partial charge in [-0.1, -0.05) is 26.2 Å². The van der Waals surface area contributed by atoms with Crippen LogP contribution in [0.4, 0.5) is 0 Å². The third kappa shape index (κ3) is 8.15. The van der Waals surface area contributed by atoms with E-state index >= 15 is 0 Å². The van der Waals surface area contributed by atoms with E-state index in [0.29, 0.717) is 11.7 Å². The van der Waals surface area contributed by atoms with Crippen molar-refractivity contribution in [3.8, 4) is 11.5 Å². The average Bonchev–Trinajstić information content (AvgIpc) is 2.57. The molecule has 24 heavy (non-hydrogen) atoms. The molecule has 1 rings (SSSR count). The first kappa shape index (κ1) is 20.2. The number of ether oxygens (including phenoxy) is 2. The minimum Gasteiger partial charge on any atom is -0.490 e. The molecule has 0 unspecified atom stereocenters. The highest BCUT2D eigenvalue weighted by Gasteiger charge is 2.07. The summed E-state index contributed by atoms with van der Waals surface area (Å²) >= 11 is 5.09. The van der Waals surface area contributed by atoms with E-state index in [2.05, 4.69) is 22.8 Å². The van der Waals surface area contributed by atoms with Crippen LogP contribution in [0.2, 0.25) is 0 Å². The standard InChI is InChI=1S/C18H29N3O2S/c1-4-7-8-9-12-23-16-11-10-15(13-17(16)22-6-3)14-20-21-18(24)19-5-2/h10-11,13-14H,4-9,12H2,1-3H3,(H2,19,21,24)/p+1. The molecule has 1 aromatic carbocycles. The monoisotopic (exact) mass is 352 g/mol. The molecule has 0 bridgehead atoms. The fourth-order valence-electron chi connectivity index (χ4n) is 2.10. The van der Waals surface area contributed by atoms with Gasteiger partial charge in [0, 0.05) is 12.1 Å². The van der Waals surface area contributed by atoms with Gasteiger partial charge in [0.25, 0.3) is 0 Å². The van der Waals surface area contributed by atoms with Gasteiger partial charge in [-0.25, -0.2) is 0 Å². The minimum absolute atomic E-state index is 0.561. The molecule has 134 valence electrons. The summed E-state index contributed by atoms with van der Waals surface area (Å²) in [5.41, 5.74) is 3.87. The Bertz CT molecular complexity index is 521. The SMILES string of the molecule is CCCCCCOc1ccc(C=[NH+]NC(=S)NCC)cc1OCC. The van der Waals surface area contributed by atoms with Crippen molar-refractivity contribution < 1.29 is 14.6 Å². The quantitative estimate of drug-likeness (QED) is 0.246. The molecule has 5 nitrogen and oxygen atoms in total. The molecule has 0 spiro atoms. The Morgan fingerprint density at radius 3 is 2.67 bits per heavy atom. The second kappa shape index (κ2) is 12.6.